The molecule has 64 valence electrons. The van der Waals surface area contributed by atoms with Crippen LogP contribution in [-0.2, 0) is 0 Å². The third-order valence-corrected chi connectivity index (χ3v) is 2.04. The second-order valence-electron chi connectivity index (χ2n) is 2.56. The molecule has 12 heavy (non-hydrogen) atoms. The summed E-state index contributed by atoms with van der Waals surface area (Å²) in [5.41, 5.74) is 2.34. The number of rotatable bonds is 2. The van der Waals surface area contributed by atoms with Crippen molar-refractivity contribution in [1.82, 2.24) is 0 Å². The van der Waals surface area contributed by atoms with Gasteiger partial charge in [-0.15, -0.1) is 11.6 Å². The fourth-order valence-corrected chi connectivity index (χ4v) is 1.23. The Morgan fingerprint density at radius 3 is 2.83 bits per heavy atom. The zero-order valence-corrected chi connectivity index (χ0v) is 8.36. The summed E-state index contributed by atoms with van der Waals surface area (Å²) in [5.74, 6) is 0.534. The van der Waals surface area contributed by atoms with E-state index in [0.717, 1.165) is 10.6 Å². The van der Waals surface area contributed by atoms with Gasteiger partial charge in [-0.3, -0.25) is 0 Å². The maximum atomic E-state index is 5.83. The second-order valence-corrected chi connectivity index (χ2v) is 3.30. The van der Waals surface area contributed by atoms with Crippen molar-refractivity contribution >= 4 is 29.3 Å². The molecule has 0 radical (unpaired) electrons. The van der Waals surface area contributed by atoms with Crippen LogP contribution >= 0.6 is 23.2 Å². The summed E-state index contributed by atoms with van der Waals surface area (Å²) in [6.45, 7) is 2.05. The number of aryl methyl sites for hydroxylation is 1. The highest BCUT2D eigenvalue weighted by atomic mass is 35.5. The number of hydrogen-bond donors (Lipinski definition) is 0. The molecule has 0 aromatic heterocycles. The van der Waals surface area contributed by atoms with Crippen LogP contribution in [0.1, 0.15) is 11.1 Å². The third-order valence-electron chi connectivity index (χ3n) is 1.63. The fraction of sp³-hybridized carbons (Fsp3) is 0.200. The highest BCUT2D eigenvalue weighted by Gasteiger charge is 1.94. The molecule has 2 heteroatoms. The number of halogens is 2. The standard InChI is InChI=1S/C10H10Cl2/c1-8-4-5-10(12)7-9(8)3-2-6-11/h2-5,7H,6H2,1H3. The first-order chi connectivity index (χ1) is 5.74. The van der Waals surface area contributed by atoms with Gasteiger partial charge in [-0.25, -0.2) is 0 Å². The Bertz CT molecular complexity index is 290. The molecule has 0 heterocycles. The summed E-state index contributed by atoms with van der Waals surface area (Å²) >= 11 is 11.4. The SMILES string of the molecule is Cc1ccc(Cl)cc1C=CCCl. The zero-order valence-electron chi connectivity index (χ0n) is 6.85. The highest BCUT2D eigenvalue weighted by molar-refractivity contribution is 6.30. The van der Waals surface area contributed by atoms with Crippen molar-refractivity contribution in [2.24, 2.45) is 0 Å². The van der Waals surface area contributed by atoms with E-state index in [4.69, 9.17) is 23.2 Å². The first kappa shape index (κ1) is 9.63. The molecular weight excluding hydrogens is 191 g/mol. The molecule has 0 saturated carbocycles. The minimum absolute atomic E-state index is 0.534. The van der Waals surface area contributed by atoms with Crippen LogP contribution in [0.4, 0.5) is 0 Å². The summed E-state index contributed by atoms with van der Waals surface area (Å²) in [4.78, 5) is 0. The van der Waals surface area contributed by atoms with Crippen LogP contribution in [0.2, 0.25) is 5.02 Å². The van der Waals surface area contributed by atoms with E-state index in [9.17, 15) is 0 Å². The molecule has 0 saturated heterocycles. The molecule has 1 rings (SSSR count). The Morgan fingerprint density at radius 1 is 1.42 bits per heavy atom. The predicted octanol–water partition coefficient (Wildman–Crippen LogP) is 3.90. The summed E-state index contributed by atoms with van der Waals surface area (Å²) in [6, 6.07) is 5.81. The number of alkyl halides is 1. The van der Waals surface area contributed by atoms with Crippen molar-refractivity contribution in [1.29, 1.82) is 0 Å². The Balaban J connectivity index is 2.97. The average molecular weight is 201 g/mol. The Hall–Kier alpha value is -0.460. The Labute approximate surface area is 82.8 Å². The Morgan fingerprint density at radius 2 is 2.17 bits per heavy atom. The van der Waals surface area contributed by atoms with E-state index in [1.165, 1.54) is 5.56 Å². The second kappa shape index (κ2) is 4.54. The summed E-state index contributed by atoms with van der Waals surface area (Å²) in [5, 5.41) is 0.759. The molecule has 0 aliphatic heterocycles. The van der Waals surface area contributed by atoms with Crippen LogP contribution in [0.3, 0.4) is 0 Å². The molecule has 0 spiro atoms. The molecule has 0 atom stereocenters. The van der Waals surface area contributed by atoms with Crippen LogP contribution in [0.15, 0.2) is 24.3 Å². The van der Waals surface area contributed by atoms with E-state index in [-0.39, 0.29) is 0 Å². The van der Waals surface area contributed by atoms with Crippen molar-refractivity contribution in [2.45, 2.75) is 6.92 Å². The lowest BCUT2D eigenvalue weighted by Gasteiger charge is -1.99. The predicted molar refractivity (Wildman–Crippen MR) is 55.9 cm³/mol. The van der Waals surface area contributed by atoms with Gasteiger partial charge < -0.3 is 0 Å². The van der Waals surface area contributed by atoms with E-state index < -0.39 is 0 Å². The zero-order chi connectivity index (χ0) is 8.97. The molecule has 0 aliphatic carbocycles. The Kier molecular flexibility index (Phi) is 3.64. The molecule has 0 N–H and O–H groups in total. The molecule has 0 amide bonds. The fourth-order valence-electron chi connectivity index (χ4n) is 0.962. The minimum Gasteiger partial charge on any atom is -0.122 e. The van der Waals surface area contributed by atoms with Gasteiger partial charge in [-0.2, -0.15) is 0 Å². The maximum absolute atomic E-state index is 5.83. The molecule has 0 bridgehead atoms. The van der Waals surface area contributed by atoms with Crippen molar-refractivity contribution in [2.75, 3.05) is 5.88 Å². The number of benzene rings is 1. The van der Waals surface area contributed by atoms with Crippen LogP contribution in [0.25, 0.3) is 6.08 Å². The smallest absolute Gasteiger partial charge is 0.0412 e. The molecular formula is C10H10Cl2. The summed E-state index contributed by atoms with van der Waals surface area (Å²) < 4.78 is 0. The molecule has 0 nitrogen and oxygen atoms in total. The number of allylic oxidation sites excluding steroid dienone is 1. The third kappa shape index (κ3) is 2.54. The monoisotopic (exact) mass is 200 g/mol. The minimum atomic E-state index is 0.534. The first-order valence-corrected chi connectivity index (χ1v) is 4.64. The van der Waals surface area contributed by atoms with Gasteiger partial charge in [0.15, 0.2) is 0 Å². The molecule has 0 unspecified atom stereocenters. The van der Waals surface area contributed by atoms with Crippen LogP contribution in [0, 0.1) is 6.92 Å². The molecule has 0 aliphatic rings. The van der Waals surface area contributed by atoms with Gasteiger partial charge >= 0.3 is 0 Å². The molecule has 1 aromatic carbocycles. The largest absolute Gasteiger partial charge is 0.122 e. The molecule has 0 fully saturated rings. The summed E-state index contributed by atoms with van der Waals surface area (Å²) in [7, 11) is 0. The van der Waals surface area contributed by atoms with Gasteiger partial charge in [0.05, 0.1) is 0 Å². The van der Waals surface area contributed by atoms with Crippen LogP contribution in [0.5, 0.6) is 0 Å². The van der Waals surface area contributed by atoms with Crippen LogP contribution < -0.4 is 0 Å². The van der Waals surface area contributed by atoms with Gasteiger partial charge in [-0.05, 0) is 30.2 Å². The maximum Gasteiger partial charge on any atom is 0.0412 e. The van der Waals surface area contributed by atoms with Crippen molar-refractivity contribution < 1.29 is 0 Å². The van der Waals surface area contributed by atoms with Crippen molar-refractivity contribution in [3.05, 3.63) is 40.4 Å². The quantitative estimate of drug-likeness (QED) is 0.636. The topological polar surface area (TPSA) is 0 Å². The number of hydrogen-bond acceptors (Lipinski definition) is 0. The van der Waals surface area contributed by atoms with Crippen LogP contribution in [-0.4, -0.2) is 5.88 Å². The summed E-state index contributed by atoms with van der Waals surface area (Å²) in [6.07, 6.45) is 3.88. The lowest BCUT2D eigenvalue weighted by molar-refractivity contribution is 1.44. The van der Waals surface area contributed by atoms with Gasteiger partial charge in [0.1, 0.15) is 0 Å². The van der Waals surface area contributed by atoms with E-state index in [1.54, 1.807) is 0 Å². The van der Waals surface area contributed by atoms with E-state index in [2.05, 4.69) is 0 Å². The van der Waals surface area contributed by atoms with E-state index in [1.807, 2.05) is 37.3 Å². The van der Waals surface area contributed by atoms with Gasteiger partial charge in [-0.1, -0.05) is 29.8 Å². The van der Waals surface area contributed by atoms with E-state index >= 15 is 0 Å². The van der Waals surface area contributed by atoms with Gasteiger partial charge in [0.2, 0.25) is 0 Å². The van der Waals surface area contributed by atoms with E-state index in [0.29, 0.717) is 5.88 Å². The lowest BCUT2D eigenvalue weighted by atomic mass is 10.1. The highest BCUT2D eigenvalue weighted by Crippen LogP contribution is 2.16. The first-order valence-electron chi connectivity index (χ1n) is 3.72. The molecule has 1 aromatic rings. The van der Waals surface area contributed by atoms with Crippen molar-refractivity contribution in [3.63, 3.8) is 0 Å². The van der Waals surface area contributed by atoms with Crippen molar-refractivity contribution in [3.8, 4) is 0 Å². The average Bonchev–Trinajstić information content (AvgIpc) is 2.07. The lowest BCUT2D eigenvalue weighted by Crippen LogP contribution is -1.79. The van der Waals surface area contributed by atoms with Gasteiger partial charge in [0, 0.05) is 10.9 Å². The van der Waals surface area contributed by atoms with Gasteiger partial charge in [0.25, 0.3) is 0 Å². The normalized spacial score (nSPS) is 10.9.